The maximum Gasteiger partial charge on any atom is 0.323 e. The number of pyridine rings is 1. The Morgan fingerprint density at radius 2 is 2.33 bits per heavy atom. The van der Waals surface area contributed by atoms with Gasteiger partial charge in [-0.1, -0.05) is 0 Å². The molecule has 0 aromatic carbocycles. The summed E-state index contributed by atoms with van der Waals surface area (Å²) in [5, 5.41) is 3.13. The molecule has 78 valence electrons. The highest BCUT2D eigenvalue weighted by Gasteiger charge is 1.97. The van der Waals surface area contributed by atoms with Gasteiger partial charge in [-0.15, -0.1) is 0 Å². The smallest absolute Gasteiger partial charge is 0.323 e. The Kier molecular flexibility index (Phi) is 2.86. The molecule has 2 heterocycles. The van der Waals surface area contributed by atoms with E-state index in [1.807, 2.05) is 6.07 Å². The normalized spacial score (nSPS) is 10.2. The first-order chi connectivity index (χ1) is 7.24. The van der Waals surface area contributed by atoms with Crippen LogP contribution in [-0.2, 0) is 6.54 Å². The summed E-state index contributed by atoms with van der Waals surface area (Å²) in [6.45, 7) is 0.552. The first-order valence-electron chi connectivity index (χ1n) is 4.35. The topological polar surface area (TPSA) is 73.6 Å². The van der Waals surface area contributed by atoms with Crippen molar-refractivity contribution >= 4 is 21.6 Å². The molecule has 2 aromatic heterocycles. The van der Waals surface area contributed by atoms with E-state index < -0.39 is 0 Å². The average molecular weight is 269 g/mol. The van der Waals surface area contributed by atoms with Gasteiger partial charge in [0.15, 0.2) is 0 Å². The highest BCUT2D eigenvalue weighted by Crippen LogP contribution is 2.13. The van der Waals surface area contributed by atoms with Crippen LogP contribution in [0, 0.1) is 0 Å². The van der Waals surface area contributed by atoms with Gasteiger partial charge in [0.05, 0.1) is 24.1 Å². The lowest BCUT2D eigenvalue weighted by atomic mass is 10.4. The molecule has 0 aliphatic heterocycles. The van der Waals surface area contributed by atoms with Crippen molar-refractivity contribution in [2.75, 3.05) is 5.32 Å². The van der Waals surface area contributed by atoms with Gasteiger partial charge in [0.2, 0.25) is 0 Å². The van der Waals surface area contributed by atoms with E-state index in [2.05, 4.69) is 36.2 Å². The lowest BCUT2D eigenvalue weighted by Gasteiger charge is -2.03. The molecule has 0 saturated carbocycles. The van der Waals surface area contributed by atoms with Crippen LogP contribution in [-0.4, -0.2) is 15.0 Å². The van der Waals surface area contributed by atoms with E-state index in [1.54, 1.807) is 18.6 Å². The molecule has 0 radical (unpaired) electrons. The van der Waals surface area contributed by atoms with Crippen molar-refractivity contribution in [1.29, 1.82) is 0 Å². The average Bonchev–Trinajstić information content (AvgIpc) is 2.62. The Hall–Kier alpha value is -1.56. The minimum Gasteiger partial charge on any atom is -0.378 e. The zero-order valence-electron chi connectivity index (χ0n) is 7.75. The third-order valence-corrected chi connectivity index (χ3v) is 2.27. The number of aromatic amines is 2. The molecule has 0 amide bonds. The van der Waals surface area contributed by atoms with Crippen molar-refractivity contribution in [3.05, 3.63) is 45.3 Å². The van der Waals surface area contributed by atoms with E-state index in [1.165, 1.54) is 0 Å². The summed E-state index contributed by atoms with van der Waals surface area (Å²) in [6, 6.07) is 1.91. The lowest BCUT2D eigenvalue weighted by molar-refractivity contribution is 1.05. The Labute approximate surface area is 94.1 Å². The van der Waals surface area contributed by atoms with Gasteiger partial charge in [-0.3, -0.25) is 4.98 Å². The molecule has 0 saturated heterocycles. The number of halogens is 1. The van der Waals surface area contributed by atoms with E-state index in [0.29, 0.717) is 6.54 Å². The van der Waals surface area contributed by atoms with Gasteiger partial charge in [-0.05, 0) is 22.0 Å². The maximum absolute atomic E-state index is 10.8. The molecule has 6 heteroatoms. The molecule has 2 aromatic rings. The molecule has 5 nitrogen and oxygen atoms in total. The highest BCUT2D eigenvalue weighted by molar-refractivity contribution is 9.10. The van der Waals surface area contributed by atoms with E-state index in [-0.39, 0.29) is 5.69 Å². The second-order valence-corrected chi connectivity index (χ2v) is 3.93. The summed E-state index contributed by atoms with van der Waals surface area (Å²) in [4.78, 5) is 20.0. The lowest BCUT2D eigenvalue weighted by Crippen LogP contribution is -2.04. The first kappa shape index (κ1) is 9.97. The number of nitrogens with zero attached hydrogens (tertiary/aromatic N) is 1. The zero-order valence-corrected chi connectivity index (χ0v) is 9.34. The number of aromatic nitrogens is 3. The molecule has 15 heavy (non-hydrogen) atoms. The van der Waals surface area contributed by atoms with Crippen LogP contribution in [0.4, 0.5) is 5.69 Å². The quantitative estimate of drug-likeness (QED) is 0.790. The minimum absolute atomic E-state index is 0.195. The summed E-state index contributed by atoms with van der Waals surface area (Å²) in [5.74, 6) is 0. The van der Waals surface area contributed by atoms with Crippen molar-refractivity contribution < 1.29 is 0 Å². The Morgan fingerprint density at radius 1 is 1.47 bits per heavy atom. The highest BCUT2D eigenvalue weighted by atomic mass is 79.9. The van der Waals surface area contributed by atoms with Gasteiger partial charge in [0, 0.05) is 16.9 Å². The largest absolute Gasteiger partial charge is 0.378 e. The van der Waals surface area contributed by atoms with Crippen LogP contribution < -0.4 is 11.0 Å². The summed E-state index contributed by atoms with van der Waals surface area (Å²) in [5.41, 5.74) is 1.51. The van der Waals surface area contributed by atoms with Crippen molar-refractivity contribution in [1.82, 2.24) is 15.0 Å². The molecule has 2 rings (SSSR count). The van der Waals surface area contributed by atoms with Gasteiger partial charge in [-0.25, -0.2) is 4.79 Å². The summed E-state index contributed by atoms with van der Waals surface area (Å²) >= 11 is 3.33. The number of imidazole rings is 1. The standard InChI is InChI=1S/C9H9BrN4O/c10-6-1-7(3-11-2-6)12-4-8-5-13-9(15)14-8/h1-3,5,12H,4H2,(H2,13,14,15). The Bertz CT molecular complexity index is 505. The van der Waals surface area contributed by atoms with E-state index in [4.69, 9.17) is 0 Å². The van der Waals surface area contributed by atoms with Gasteiger partial charge in [0.25, 0.3) is 0 Å². The van der Waals surface area contributed by atoms with Gasteiger partial charge in [0.1, 0.15) is 0 Å². The van der Waals surface area contributed by atoms with Crippen LogP contribution in [0.1, 0.15) is 5.69 Å². The predicted octanol–water partition coefficient (Wildman–Crippen LogP) is 1.47. The van der Waals surface area contributed by atoms with E-state index in [9.17, 15) is 4.79 Å². The van der Waals surface area contributed by atoms with Crippen LogP contribution in [0.3, 0.4) is 0 Å². The van der Waals surface area contributed by atoms with E-state index >= 15 is 0 Å². The molecule has 0 aliphatic rings. The molecule has 0 aliphatic carbocycles. The molecule has 3 N–H and O–H groups in total. The number of rotatable bonds is 3. The second-order valence-electron chi connectivity index (χ2n) is 3.01. The van der Waals surface area contributed by atoms with Crippen LogP contribution in [0.2, 0.25) is 0 Å². The van der Waals surface area contributed by atoms with Crippen molar-refractivity contribution in [3.63, 3.8) is 0 Å². The van der Waals surface area contributed by atoms with Crippen LogP contribution >= 0.6 is 15.9 Å². The SMILES string of the molecule is O=c1[nH]cc(CNc2cncc(Br)c2)[nH]1. The molecular weight excluding hydrogens is 260 g/mol. The van der Waals surface area contributed by atoms with Crippen LogP contribution in [0.15, 0.2) is 33.9 Å². The number of anilines is 1. The summed E-state index contributed by atoms with van der Waals surface area (Å²) < 4.78 is 0.912. The van der Waals surface area contributed by atoms with Crippen LogP contribution in [0.5, 0.6) is 0 Å². The van der Waals surface area contributed by atoms with Gasteiger partial charge >= 0.3 is 5.69 Å². The first-order valence-corrected chi connectivity index (χ1v) is 5.14. The fourth-order valence-corrected chi connectivity index (χ4v) is 1.54. The fourth-order valence-electron chi connectivity index (χ4n) is 1.17. The molecule has 0 fully saturated rings. The predicted molar refractivity (Wildman–Crippen MR) is 60.7 cm³/mol. The molecular formula is C9H9BrN4O. The van der Waals surface area contributed by atoms with Crippen molar-refractivity contribution in [2.45, 2.75) is 6.54 Å². The number of hydrogen-bond acceptors (Lipinski definition) is 3. The van der Waals surface area contributed by atoms with Crippen molar-refractivity contribution in [3.8, 4) is 0 Å². The number of hydrogen-bond donors (Lipinski definition) is 3. The van der Waals surface area contributed by atoms with Gasteiger partial charge < -0.3 is 15.3 Å². The zero-order chi connectivity index (χ0) is 10.7. The number of H-pyrrole nitrogens is 2. The molecule has 0 unspecified atom stereocenters. The third kappa shape index (κ3) is 2.69. The Morgan fingerprint density at radius 3 is 3.00 bits per heavy atom. The fraction of sp³-hybridized carbons (Fsp3) is 0.111. The minimum atomic E-state index is -0.195. The monoisotopic (exact) mass is 268 g/mol. The molecule has 0 spiro atoms. The third-order valence-electron chi connectivity index (χ3n) is 1.84. The van der Waals surface area contributed by atoms with Crippen molar-refractivity contribution in [2.24, 2.45) is 0 Å². The van der Waals surface area contributed by atoms with Gasteiger partial charge in [-0.2, -0.15) is 0 Å². The maximum atomic E-state index is 10.8. The Balaban J connectivity index is 2.02. The van der Waals surface area contributed by atoms with Crippen LogP contribution in [0.25, 0.3) is 0 Å². The van der Waals surface area contributed by atoms with E-state index in [0.717, 1.165) is 15.9 Å². The second kappa shape index (κ2) is 4.31. The molecule has 0 atom stereocenters. The summed E-state index contributed by atoms with van der Waals surface area (Å²) in [7, 11) is 0. The number of nitrogens with one attached hydrogen (secondary N) is 3. The molecule has 0 bridgehead atoms. The summed E-state index contributed by atoms with van der Waals surface area (Å²) in [6.07, 6.45) is 5.07.